The number of aromatic nitrogens is 3. The van der Waals surface area contributed by atoms with Crippen LogP contribution in [0.2, 0.25) is 0 Å². The number of fused-ring (bicyclic) bond motifs is 1. The molecule has 6 nitrogen and oxygen atoms in total. The normalized spacial score (nSPS) is 21.9. The van der Waals surface area contributed by atoms with Gasteiger partial charge in [-0.3, -0.25) is 9.20 Å². The standard InChI is InChI=1S/C17H22N4O2/c22-16(17(23)8-2-3-9-17)20-11-6-13(7-12-20)15-19-18-14-5-1-4-10-21(14)15/h1,4-5,10,13,23H,2-3,6-9,11-12H2. The van der Waals surface area contributed by atoms with Crippen LogP contribution in [0.5, 0.6) is 0 Å². The molecule has 1 aliphatic carbocycles. The maximum absolute atomic E-state index is 12.6. The van der Waals surface area contributed by atoms with E-state index in [1.807, 2.05) is 33.7 Å². The van der Waals surface area contributed by atoms with Gasteiger partial charge in [-0.25, -0.2) is 0 Å². The minimum atomic E-state index is -1.10. The minimum absolute atomic E-state index is 0.0699. The van der Waals surface area contributed by atoms with Crippen LogP contribution in [0.4, 0.5) is 0 Å². The molecule has 0 radical (unpaired) electrons. The second-order valence-corrected chi connectivity index (χ2v) is 6.79. The molecule has 1 N–H and O–H groups in total. The van der Waals surface area contributed by atoms with Crippen LogP contribution in [0, 0.1) is 0 Å². The fraction of sp³-hybridized carbons (Fsp3) is 0.588. The average Bonchev–Trinajstić information content (AvgIpc) is 3.21. The summed E-state index contributed by atoms with van der Waals surface area (Å²) in [5.74, 6) is 1.22. The molecule has 1 amide bonds. The minimum Gasteiger partial charge on any atom is -0.380 e. The van der Waals surface area contributed by atoms with Gasteiger partial charge in [0, 0.05) is 25.2 Å². The van der Waals surface area contributed by atoms with Crippen molar-refractivity contribution in [1.82, 2.24) is 19.5 Å². The Morgan fingerprint density at radius 3 is 2.65 bits per heavy atom. The summed E-state index contributed by atoms with van der Waals surface area (Å²) in [7, 11) is 0. The van der Waals surface area contributed by atoms with Crippen LogP contribution in [0.25, 0.3) is 5.65 Å². The number of piperidine rings is 1. The number of rotatable bonds is 2. The largest absolute Gasteiger partial charge is 0.380 e. The third-order valence-electron chi connectivity index (χ3n) is 5.32. The van der Waals surface area contributed by atoms with Crippen LogP contribution in [0.1, 0.15) is 50.3 Å². The first-order valence-corrected chi connectivity index (χ1v) is 8.49. The summed E-state index contributed by atoms with van der Waals surface area (Å²) in [6.07, 6.45) is 6.86. The summed E-state index contributed by atoms with van der Waals surface area (Å²) in [5.41, 5.74) is -0.240. The van der Waals surface area contributed by atoms with Gasteiger partial charge in [0.15, 0.2) is 5.65 Å². The summed E-state index contributed by atoms with van der Waals surface area (Å²) in [6.45, 7) is 1.38. The van der Waals surface area contributed by atoms with E-state index in [0.717, 1.165) is 37.2 Å². The number of hydrogen-bond donors (Lipinski definition) is 1. The van der Waals surface area contributed by atoms with Crippen molar-refractivity contribution in [3.63, 3.8) is 0 Å². The number of carbonyl (C=O) groups is 1. The maximum Gasteiger partial charge on any atom is 0.254 e. The van der Waals surface area contributed by atoms with Crippen molar-refractivity contribution >= 4 is 11.6 Å². The van der Waals surface area contributed by atoms with Gasteiger partial charge in [0.2, 0.25) is 0 Å². The molecular formula is C17H22N4O2. The molecule has 0 aromatic carbocycles. The Bertz CT molecular complexity index is 712. The van der Waals surface area contributed by atoms with E-state index in [4.69, 9.17) is 0 Å². The smallest absolute Gasteiger partial charge is 0.254 e. The van der Waals surface area contributed by atoms with Crippen LogP contribution in [-0.4, -0.2) is 49.2 Å². The molecule has 0 spiro atoms. The van der Waals surface area contributed by atoms with Gasteiger partial charge in [-0.2, -0.15) is 0 Å². The first kappa shape index (κ1) is 14.6. The SMILES string of the molecule is O=C(N1CCC(c2nnc3ccccn23)CC1)C1(O)CCCC1. The Hall–Kier alpha value is -1.95. The Labute approximate surface area is 135 Å². The van der Waals surface area contributed by atoms with E-state index in [9.17, 15) is 9.90 Å². The van der Waals surface area contributed by atoms with Crippen LogP contribution in [0.3, 0.4) is 0 Å². The van der Waals surface area contributed by atoms with Gasteiger partial charge in [-0.15, -0.1) is 10.2 Å². The van der Waals surface area contributed by atoms with Gasteiger partial charge in [0.25, 0.3) is 5.91 Å². The summed E-state index contributed by atoms with van der Waals surface area (Å²) >= 11 is 0. The molecular weight excluding hydrogens is 292 g/mol. The highest BCUT2D eigenvalue weighted by molar-refractivity contribution is 5.85. The van der Waals surface area contributed by atoms with Crippen LogP contribution >= 0.6 is 0 Å². The Kier molecular flexibility index (Phi) is 3.56. The number of amides is 1. The molecule has 122 valence electrons. The van der Waals surface area contributed by atoms with Crippen molar-refractivity contribution in [2.24, 2.45) is 0 Å². The molecule has 2 fully saturated rings. The molecule has 1 saturated carbocycles. The van der Waals surface area contributed by atoms with Crippen molar-refractivity contribution in [2.45, 2.75) is 50.0 Å². The van der Waals surface area contributed by atoms with Crippen molar-refractivity contribution in [3.8, 4) is 0 Å². The summed E-state index contributed by atoms with van der Waals surface area (Å²) in [6, 6.07) is 5.89. The number of aliphatic hydroxyl groups is 1. The third-order valence-corrected chi connectivity index (χ3v) is 5.32. The van der Waals surface area contributed by atoms with E-state index in [0.29, 0.717) is 31.8 Å². The fourth-order valence-electron chi connectivity index (χ4n) is 3.95. The molecule has 2 aromatic rings. The quantitative estimate of drug-likeness (QED) is 0.916. The molecule has 0 bridgehead atoms. The monoisotopic (exact) mass is 314 g/mol. The predicted molar refractivity (Wildman–Crippen MR) is 85.0 cm³/mol. The van der Waals surface area contributed by atoms with Gasteiger partial charge < -0.3 is 10.0 Å². The van der Waals surface area contributed by atoms with Crippen molar-refractivity contribution in [2.75, 3.05) is 13.1 Å². The van der Waals surface area contributed by atoms with E-state index in [2.05, 4.69) is 10.2 Å². The van der Waals surface area contributed by atoms with Gasteiger partial charge in [0.05, 0.1) is 0 Å². The van der Waals surface area contributed by atoms with Crippen LogP contribution in [-0.2, 0) is 4.79 Å². The van der Waals surface area contributed by atoms with E-state index in [1.165, 1.54) is 0 Å². The van der Waals surface area contributed by atoms with Gasteiger partial charge >= 0.3 is 0 Å². The topological polar surface area (TPSA) is 70.7 Å². The molecule has 3 heterocycles. The van der Waals surface area contributed by atoms with E-state index < -0.39 is 5.60 Å². The average molecular weight is 314 g/mol. The lowest BCUT2D eigenvalue weighted by Crippen LogP contribution is -2.50. The van der Waals surface area contributed by atoms with Crippen LogP contribution in [0.15, 0.2) is 24.4 Å². The lowest BCUT2D eigenvalue weighted by molar-refractivity contribution is -0.151. The van der Waals surface area contributed by atoms with Crippen LogP contribution < -0.4 is 0 Å². The zero-order chi connectivity index (χ0) is 15.9. The van der Waals surface area contributed by atoms with Gasteiger partial charge in [-0.05, 0) is 50.7 Å². The van der Waals surface area contributed by atoms with Crippen molar-refractivity contribution in [3.05, 3.63) is 30.2 Å². The summed E-state index contributed by atoms with van der Waals surface area (Å²) in [5, 5.41) is 19.0. The number of pyridine rings is 1. The Morgan fingerprint density at radius 1 is 1.17 bits per heavy atom. The predicted octanol–water partition coefficient (Wildman–Crippen LogP) is 1.74. The van der Waals surface area contributed by atoms with E-state index >= 15 is 0 Å². The molecule has 1 saturated heterocycles. The molecule has 0 unspecified atom stereocenters. The molecule has 1 aliphatic heterocycles. The molecule has 23 heavy (non-hydrogen) atoms. The zero-order valence-corrected chi connectivity index (χ0v) is 13.2. The fourth-order valence-corrected chi connectivity index (χ4v) is 3.95. The van der Waals surface area contributed by atoms with Crippen molar-refractivity contribution < 1.29 is 9.90 Å². The third kappa shape index (κ3) is 2.51. The number of carbonyl (C=O) groups excluding carboxylic acids is 1. The molecule has 2 aliphatic rings. The van der Waals surface area contributed by atoms with Gasteiger partial charge in [0.1, 0.15) is 11.4 Å². The van der Waals surface area contributed by atoms with Gasteiger partial charge in [-0.1, -0.05) is 6.07 Å². The second kappa shape index (κ2) is 5.60. The highest BCUT2D eigenvalue weighted by Crippen LogP contribution is 2.34. The summed E-state index contributed by atoms with van der Waals surface area (Å²) < 4.78 is 2.03. The molecule has 4 rings (SSSR count). The maximum atomic E-state index is 12.6. The van der Waals surface area contributed by atoms with E-state index in [1.54, 1.807) is 0 Å². The number of nitrogens with zero attached hydrogens (tertiary/aromatic N) is 4. The highest BCUT2D eigenvalue weighted by Gasteiger charge is 2.42. The lowest BCUT2D eigenvalue weighted by Gasteiger charge is -2.35. The lowest BCUT2D eigenvalue weighted by atomic mass is 9.93. The zero-order valence-electron chi connectivity index (χ0n) is 13.2. The Morgan fingerprint density at radius 2 is 1.91 bits per heavy atom. The Balaban J connectivity index is 1.46. The number of likely N-dealkylation sites (tertiary alicyclic amines) is 1. The molecule has 6 heteroatoms. The molecule has 2 aromatic heterocycles. The first-order valence-electron chi connectivity index (χ1n) is 8.49. The second-order valence-electron chi connectivity index (χ2n) is 6.79. The molecule has 0 atom stereocenters. The highest BCUT2D eigenvalue weighted by atomic mass is 16.3. The summed E-state index contributed by atoms with van der Waals surface area (Å²) in [4.78, 5) is 14.4. The van der Waals surface area contributed by atoms with Crippen molar-refractivity contribution in [1.29, 1.82) is 0 Å². The first-order chi connectivity index (χ1) is 11.2. The van der Waals surface area contributed by atoms with E-state index in [-0.39, 0.29) is 5.91 Å². The number of hydrogen-bond acceptors (Lipinski definition) is 4.